The van der Waals surface area contributed by atoms with Crippen LogP contribution in [0.2, 0.25) is 0 Å². The second kappa shape index (κ2) is 3.13. The van der Waals surface area contributed by atoms with Gasteiger partial charge in [0, 0.05) is 6.07 Å². The van der Waals surface area contributed by atoms with Crippen LogP contribution in [0, 0.1) is 0 Å². The van der Waals surface area contributed by atoms with Crippen molar-refractivity contribution in [3.63, 3.8) is 0 Å². The van der Waals surface area contributed by atoms with Crippen molar-refractivity contribution in [1.29, 1.82) is 0 Å². The topological polar surface area (TPSA) is 45.4 Å². The van der Waals surface area contributed by atoms with Gasteiger partial charge in [-0.05, 0) is 0 Å². The van der Waals surface area contributed by atoms with Gasteiger partial charge < -0.3 is 10.2 Å². The van der Waals surface area contributed by atoms with Crippen LogP contribution in [0.4, 0.5) is 0 Å². The molecule has 2 N–H and O–H groups in total. The molecule has 0 fully saturated rings. The predicted molar refractivity (Wildman–Crippen MR) is 46.5 cm³/mol. The lowest BCUT2D eigenvalue weighted by Crippen LogP contribution is -1.79. The number of hydrogen-bond acceptors (Lipinski definition) is 2. The molecule has 0 saturated carbocycles. The molecule has 1 aromatic rings. The molecule has 11 heavy (non-hydrogen) atoms. The fourth-order valence-electron chi connectivity index (χ4n) is 0.643. The van der Waals surface area contributed by atoms with E-state index in [4.69, 9.17) is 28.3 Å². The Bertz CT molecular complexity index is 274. The second-order valence-electron chi connectivity index (χ2n) is 1.86. The largest absolute Gasteiger partial charge is 0.494 e. The Hall–Kier alpha value is -0.0600. The number of rotatable bonds is 1. The zero-order valence-corrected chi connectivity index (χ0v) is 8.23. The van der Waals surface area contributed by atoms with Gasteiger partial charge in [0.25, 0.3) is 0 Å². The summed E-state index contributed by atoms with van der Waals surface area (Å²) < 4.78 is 1.00. The Labute approximate surface area is 81.5 Å². The lowest BCUT2D eigenvalue weighted by molar-refractivity contribution is 0.417. The summed E-state index contributed by atoms with van der Waals surface area (Å²) >= 11 is 13.8. The molecule has 0 amide bonds. The van der Waals surface area contributed by atoms with E-state index in [1.165, 1.54) is 6.07 Å². The van der Waals surface area contributed by atoms with Gasteiger partial charge in [0.15, 0.2) is 0 Å². The molecule has 0 atom stereocenters. The molecule has 0 radical (unpaired) electrons. The summed E-state index contributed by atoms with van der Waals surface area (Å²) in [6.07, 6.45) is 0. The molecule has 0 aliphatic carbocycles. The summed E-state index contributed by atoms with van der Waals surface area (Å²) in [6, 6.07) is 1.27. The Morgan fingerprint density at radius 1 is 1.45 bits per heavy atom. The molecule has 0 saturated heterocycles. The highest BCUT2D eigenvalue weighted by molar-refractivity contribution is 9.08. The summed E-state index contributed by atoms with van der Waals surface area (Å²) in [5.41, 5.74) is 0.266. The molecule has 0 aromatic carbocycles. The van der Waals surface area contributed by atoms with Crippen molar-refractivity contribution in [2.75, 3.05) is 0 Å². The first-order valence-corrected chi connectivity index (χ1v) is 4.20. The van der Waals surface area contributed by atoms with Crippen LogP contribution in [-0.2, 0) is 0 Å². The van der Waals surface area contributed by atoms with Gasteiger partial charge in [-0.15, -0.1) is 0 Å². The van der Waals surface area contributed by atoms with Gasteiger partial charge in [-0.25, -0.2) is 3.59 Å². The minimum absolute atomic E-state index is 0.149. The lowest BCUT2D eigenvalue weighted by atomic mass is 10.4. The summed E-state index contributed by atoms with van der Waals surface area (Å²) in [7, 11) is 0. The summed E-state index contributed by atoms with van der Waals surface area (Å²) in [5.74, 6) is -0.346. The van der Waals surface area contributed by atoms with E-state index in [0.717, 1.165) is 3.59 Å². The van der Waals surface area contributed by atoms with Crippen molar-refractivity contribution in [2.24, 2.45) is 0 Å². The lowest BCUT2D eigenvalue weighted by Gasteiger charge is -1.97. The van der Waals surface area contributed by atoms with Gasteiger partial charge in [-0.1, -0.05) is 23.2 Å². The Balaban J connectivity index is 3.19. The van der Waals surface area contributed by atoms with Crippen LogP contribution in [0.25, 0.3) is 0 Å². The summed E-state index contributed by atoms with van der Waals surface area (Å²) in [6.45, 7) is 0. The first-order valence-electron chi connectivity index (χ1n) is 2.62. The van der Waals surface area contributed by atoms with Crippen molar-refractivity contribution in [2.45, 2.75) is 4.84 Å². The van der Waals surface area contributed by atoms with Crippen molar-refractivity contribution >= 4 is 39.3 Å². The Kier molecular flexibility index (Phi) is 2.57. The van der Waals surface area contributed by atoms with Crippen LogP contribution in [0.1, 0.15) is 10.4 Å². The van der Waals surface area contributed by atoms with E-state index >= 15 is 0 Å². The van der Waals surface area contributed by atoms with Crippen LogP contribution in [0.3, 0.4) is 0 Å². The van der Waals surface area contributed by atoms with Crippen LogP contribution in [0.5, 0.6) is 11.8 Å². The fraction of sp³-hybridized carbons (Fsp3) is 0.200. The normalized spacial score (nSPS) is 10.9. The number of nitrogens with zero attached hydrogens (tertiary/aromatic N) is 1. The predicted octanol–water partition coefficient (Wildman–Crippen LogP) is 2.53. The number of hydrogen-bond donors (Lipinski definition) is 2. The number of halogens is 3. The van der Waals surface area contributed by atoms with Gasteiger partial charge in [-0.3, -0.25) is 0 Å². The molecule has 0 unspecified atom stereocenters. The molecule has 1 heterocycles. The minimum Gasteiger partial charge on any atom is -0.494 e. The van der Waals surface area contributed by atoms with Gasteiger partial charge in [0.2, 0.25) is 11.8 Å². The smallest absolute Gasteiger partial charge is 0.210 e. The minimum atomic E-state index is -0.847. The maximum atomic E-state index is 9.18. The number of aromatic hydroxyl groups is 2. The van der Waals surface area contributed by atoms with Crippen molar-refractivity contribution in [3.05, 3.63) is 11.6 Å². The van der Waals surface area contributed by atoms with Crippen molar-refractivity contribution in [1.82, 2.24) is 3.59 Å². The molecule has 0 spiro atoms. The molecular formula is C5H4BrCl2NO2. The average molecular weight is 261 g/mol. The van der Waals surface area contributed by atoms with Gasteiger partial charge in [-0.2, -0.15) is 0 Å². The number of alkyl halides is 2. The summed E-state index contributed by atoms with van der Waals surface area (Å²) in [4.78, 5) is -0.847. The average Bonchev–Trinajstić information content (AvgIpc) is 2.17. The first kappa shape index (κ1) is 9.03. The van der Waals surface area contributed by atoms with Crippen molar-refractivity contribution < 1.29 is 10.2 Å². The molecule has 6 heteroatoms. The zero-order valence-electron chi connectivity index (χ0n) is 5.13. The highest BCUT2D eigenvalue weighted by Gasteiger charge is 2.16. The van der Waals surface area contributed by atoms with Gasteiger partial charge in [0.1, 0.15) is 4.84 Å². The maximum absolute atomic E-state index is 9.18. The quantitative estimate of drug-likeness (QED) is 0.763. The van der Waals surface area contributed by atoms with E-state index in [0.29, 0.717) is 0 Å². The van der Waals surface area contributed by atoms with E-state index in [9.17, 15) is 5.11 Å². The highest BCUT2D eigenvalue weighted by atomic mass is 79.9. The fourth-order valence-corrected chi connectivity index (χ4v) is 1.27. The Morgan fingerprint density at radius 2 is 2.00 bits per heavy atom. The first-order chi connectivity index (χ1) is 5.04. The van der Waals surface area contributed by atoms with E-state index in [1.807, 2.05) is 0 Å². The summed E-state index contributed by atoms with van der Waals surface area (Å²) in [5, 5.41) is 18.2. The number of aromatic nitrogens is 1. The molecule has 0 aliphatic rings. The van der Waals surface area contributed by atoms with E-state index in [2.05, 4.69) is 16.1 Å². The molecule has 1 aromatic heterocycles. The third-order valence-corrected chi connectivity index (χ3v) is 2.33. The van der Waals surface area contributed by atoms with Crippen LogP contribution in [0.15, 0.2) is 6.07 Å². The molecular weight excluding hydrogens is 257 g/mol. The highest BCUT2D eigenvalue weighted by Crippen LogP contribution is 2.38. The van der Waals surface area contributed by atoms with Gasteiger partial charge in [0.05, 0.1) is 21.7 Å². The van der Waals surface area contributed by atoms with Crippen molar-refractivity contribution in [3.8, 4) is 11.8 Å². The second-order valence-corrected chi connectivity index (χ2v) is 3.67. The maximum Gasteiger partial charge on any atom is 0.210 e. The van der Waals surface area contributed by atoms with E-state index in [1.54, 1.807) is 0 Å². The van der Waals surface area contributed by atoms with E-state index in [-0.39, 0.29) is 17.3 Å². The monoisotopic (exact) mass is 259 g/mol. The van der Waals surface area contributed by atoms with Crippen LogP contribution >= 0.6 is 39.3 Å². The standard InChI is InChI=1S/C5H4BrCl2NO2/c6-9-3(10)1-2(4(7)8)5(9)11/h1,4,10-11H. The van der Waals surface area contributed by atoms with Gasteiger partial charge >= 0.3 is 0 Å². The van der Waals surface area contributed by atoms with Crippen LogP contribution < -0.4 is 0 Å². The Morgan fingerprint density at radius 3 is 2.18 bits per heavy atom. The third kappa shape index (κ3) is 1.58. The van der Waals surface area contributed by atoms with E-state index < -0.39 is 4.84 Å². The SMILES string of the molecule is Oc1cc(C(Cl)Cl)c(O)n1Br. The van der Waals surface area contributed by atoms with Crippen LogP contribution in [-0.4, -0.2) is 13.8 Å². The molecule has 62 valence electrons. The molecule has 3 nitrogen and oxygen atoms in total. The molecule has 1 rings (SSSR count). The third-order valence-electron chi connectivity index (χ3n) is 1.16. The molecule has 0 bridgehead atoms. The molecule has 0 aliphatic heterocycles. The zero-order chi connectivity index (χ0) is 8.59.